The van der Waals surface area contributed by atoms with Gasteiger partial charge in [-0.15, -0.1) is 0 Å². The van der Waals surface area contributed by atoms with Crippen molar-refractivity contribution in [1.29, 1.82) is 0 Å². The molecule has 0 spiro atoms. The van der Waals surface area contributed by atoms with E-state index in [1.54, 1.807) is 18.2 Å². The lowest BCUT2D eigenvalue weighted by molar-refractivity contribution is -0.183. The number of carbonyl (C=O) groups is 1. The van der Waals surface area contributed by atoms with Crippen molar-refractivity contribution < 1.29 is 19.0 Å². The molecule has 0 saturated carbocycles. The number of benzene rings is 1. The van der Waals surface area contributed by atoms with Gasteiger partial charge in [0, 0.05) is 17.5 Å². The number of amides is 1. The summed E-state index contributed by atoms with van der Waals surface area (Å²) in [5, 5.41) is 3.68. The number of nitrogens with one attached hydrogen (secondary N) is 1. The number of rotatable bonds is 5. The highest BCUT2D eigenvalue weighted by atomic mass is 35.5. The number of carbonyl (C=O) groups excluding carboxylic acids is 1. The van der Waals surface area contributed by atoms with Gasteiger partial charge in [0.05, 0.1) is 30.4 Å². The fraction of sp³-hybridized carbons (Fsp3) is 0.588. The van der Waals surface area contributed by atoms with Crippen LogP contribution in [-0.2, 0) is 24.8 Å². The molecular formula is C17H23Cl2NO4. The summed E-state index contributed by atoms with van der Waals surface area (Å²) in [5.74, 6) is -1.33. The van der Waals surface area contributed by atoms with Crippen molar-refractivity contribution in [3.8, 4) is 0 Å². The third kappa shape index (κ3) is 5.07. The largest absolute Gasteiger partial charge is 0.373 e. The molecule has 1 aliphatic heterocycles. The first-order chi connectivity index (χ1) is 11.1. The van der Waals surface area contributed by atoms with Crippen molar-refractivity contribution in [3.05, 3.63) is 33.8 Å². The average Bonchev–Trinajstić information content (AvgIpc) is 2.87. The Morgan fingerprint density at radius 3 is 2.71 bits per heavy atom. The maximum Gasteiger partial charge on any atom is 0.217 e. The van der Waals surface area contributed by atoms with E-state index in [0.29, 0.717) is 28.8 Å². The molecule has 2 atom stereocenters. The minimum Gasteiger partial charge on any atom is -0.373 e. The van der Waals surface area contributed by atoms with Gasteiger partial charge < -0.3 is 19.5 Å². The van der Waals surface area contributed by atoms with Crippen LogP contribution in [0.3, 0.4) is 0 Å². The Morgan fingerprint density at radius 1 is 1.42 bits per heavy atom. The first-order valence-electron chi connectivity index (χ1n) is 7.77. The molecule has 1 amide bonds. The SMILES string of the molecule is CC(=O)NCC1(c2ccc(Cl)cc2Cl)OCC(COC(C)(C)C)O1. The van der Waals surface area contributed by atoms with Crippen molar-refractivity contribution >= 4 is 29.1 Å². The lowest BCUT2D eigenvalue weighted by atomic mass is 10.1. The zero-order chi connectivity index (χ0) is 18.0. The molecule has 5 nitrogen and oxygen atoms in total. The predicted molar refractivity (Wildman–Crippen MR) is 93.4 cm³/mol. The van der Waals surface area contributed by atoms with Crippen LogP contribution in [0.2, 0.25) is 10.0 Å². The molecule has 1 N–H and O–H groups in total. The highest BCUT2D eigenvalue weighted by Gasteiger charge is 2.45. The van der Waals surface area contributed by atoms with Crippen LogP contribution in [0.25, 0.3) is 0 Å². The fourth-order valence-electron chi connectivity index (χ4n) is 2.36. The summed E-state index contributed by atoms with van der Waals surface area (Å²) in [6, 6.07) is 5.09. The molecule has 0 bridgehead atoms. The van der Waals surface area contributed by atoms with Gasteiger partial charge in [0.15, 0.2) is 0 Å². The summed E-state index contributed by atoms with van der Waals surface area (Å²) in [6.07, 6.45) is -0.260. The van der Waals surface area contributed by atoms with Crippen molar-refractivity contribution in [2.45, 2.75) is 45.2 Å². The number of hydrogen-bond donors (Lipinski definition) is 1. The molecule has 24 heavy (non-hydrogen) atoms. The van der Waals surface area contributed by atoms with E-state index in [0.717, 1.165) is 0 Å². The van der Waals surface area contributed by atoms with Gasteiger partial charge in [-0.1, -0.05) is 29.3 Å². The van der Waals surface area contributed by atoms with E-state index in [-0.39, 0.29) is 24.2 Å². The Hall–Kier alpha value is -0.850. The molecule has 0 radical (unpaired) electrons. The Balaban J connectivity index is 2.21. The molecule has 0 aromatic heterocycles. The van der Waals surface area contributed by atoms with Crippen LogP contribution in [0, 0.1) is 0 Å². The van der Waals surface area contributed by atoms with Crippen molar-refractivity contribution in [2.75, 3.05) is 19.8 Å². The fourth-order valence-corrected chi connectivity index (χ4v) is 2.91. The molecule has 2 rings (SSSR count). The van der Waals surface area contributed by atoms with Gasteiger partial charge in [0.2, 0.25) is 11.7 Å². The summed E-state index contributed by atoms with van der Waals surface area (Å²) in [7, 11) is 0. The van der Waals surface area contributed by atoms with E-state index in [2.05, 4.69) is 5.32 Å². The van der Waals surface area contributed by atoms with E-state index in [1.165, 1.54) is 6.92 Å². The molecule has 1 saturated heterocycles. The molecule has 0 aliphatic carbocycles. The Bertz CT molecular complexity index is 603. The zero-order valence-electron chi connectivity index (χ0n) is 14.3. The monoisotopic (exact) mass is 375 g/mol. The standard InChI is InChI=1S/C17H23Cl2NO4/c1-11(21)20-10-17(14-6-5-12(18)7-15(14)19)23-9-13(24-17)8-22-16(2,3)4/h5-7,13H,8-10H2,1-4H3,(H,20,21). The topological polar surface area (TPSA) is 56.8 Å². The second kappa shape index (κ2) is 7.58. The van der Waals surface area contributed by atoms with E-state index in [9.17, 15) is 4.79 Å². The number of halogens is 2. The third-order valence-electron chi connectivity index (χ3n) is 3.47. The van der Waals surface area contributed by atoms with Crippen LogP contribution in [0.1, 0.15) is 33.3 Å². The molecule has 1 aliphatic rings. The smallest absolute Gasteiger partial charge is 0.217 e. The van der Waals surface area contributed by atoms with Gasteiger partial charge >= 0.3 is 0 Å². The Kier molecular flexibility index (Phi) is 6.15. The van der Waals surface area contributed by atoms with E-state index >= 15 is 0 Å². The van der Waals surface area contributed by atoms with Crippen molar-refractivity contribution in [1.82, 2.24) is 5.32 Å². The summed E-state index contributed by atoms with van der Waals surface area (Å²) in [4.78, 5) is 11.4. The Morgan fingerprint density at radius 2 is 2.12 bits per heavy atom. The highest BCUT2D eigenvalue weighted by Crippen LogP contribution is 2.39. The summed E-state index contributed by atoms with van der Waals surface area (Å²) in [5.41, 5.74) is 0.352. The molecular weight excluding hydrogens is 353 g/mol. The van der Waals surface area contributed by atoms with Gasteiger partial charge in [0.25, 0.3) is 0 Å². The average molecular weight is 376 g/mol. The molecule has 2 unspecified atom stereocenters. The van der Waals surface area contributed by atoms with E-state index in [4.69, 9.17) is 37.4 Å². The van der Waals surface area contributed by atoms with Crippen LogP contribution < -0.4 is 5.32 Å². The summed E-state index contributed by atoms with van der Waals surface area (Å²) >= 11 is 12.3. The van der Waals surface area contributed by atoms with Gasteiger partial charge in [-0.2, -0.15) is 0 Å². The lowest BCUT2D eigenvalue weighted by Gasteiger charge is -2.30. The minimum atomic E-state index is -1.15. The van der Waals surface area contributed by atoms with Crippen LogP contribution in [0.5, 0.6) is 0 Å². The highest BCUT2D eigenvalue weighted by molar-refractivity contribution is 6.35. The van der Waals surface area contributed by atoms with Gasteiger partial charge in [-0.3, -0.25) is 4.79 Å². The molecule has 1 heterocycles. The normalized spacial score (nSPS) is 24.2. The third-order valence-corrected chi connectivity index (χ3v) is 4.02. The summed E-state index contributed by atoms with van der Waals surface area (Å²) in [6.45, 7) is 8.24. The van der Waals surface area contributed by atoms with Crippen LogP contribution in [-0.4, -0.2) is 37.4 Å². The Labute approximate surface area is 152 Å². The van der Waals surface area contributed by atoms with Crippen LogP contribution in [0.4, 0.5) is 0 Å². The van der Waals surface area contributed by atoms with Crippen LogP contribution >= 0.6 is 23.2 Å². The number of ether oxygens (including phenoxy) is 3. The second-order valence-corrected chi connectivity index (χ2v) is 7.60. The number of hydrogen-bond acceptors (Lipinski definition) is 4. The van der Waals surface area contributed by atoms with E-state index in [1.807, 2.05) is 20.8 Å². The zero-order valence-corrected chi connectivity index (χ0v) is 15.8. The maximum atomic E-state index is 11.4. The van der Waals surface area contributed by atoms with Gasteiger partial charge in [-0.05, 0) is 32.9 Å². The molecule has 1 aromatic rings. The van der Waals surface area contributed by atoms with Gasteiger partial charge in [-0.25, -0.2) is 0 Å². The predicted octanol–water partition coefficient (Wildman–Crippen LogP) is 3.51. The quantitative estimate of drug-likeness (QED) is 0.855. The maximum absolute atomic E-state index is 11.4. The van der Waals surface area contributed by atoms with Crippen LogP contribution in [0.15, 0.2) is 18.2 Å². The van der Waals surface area contributed by atoms with Crippen molar-refractivity contribution in [2.24, 2.45) is 0 Å². The molecule has 1 aromatic carbocycles. The minimum absolute atomic E-state index is 0.149. The van der Waals surface area contributed by atoms with Gasteiger partial charge in [0.1, 0.15) is 6.10 Å². The summed E-state index contributed by atoms with van der Waals surface area (Å²) < 4.78 is 17.8. The first kappa shape index (κ1) is 19.5. The lowest BCUT2D eigenvalue weighted by Crippen LogP contribution is -2.42. The first-order valence-corrected chi connectivity index (χ1v) is 8.53. The molecule has 134 valence electrons. The molecule has 7 heteroatoms. The molecule has 1 fully saturated rings. The second-order valence-electron chi connectivity index (χ2n) is 6.76. The van der Waals surface area contributed by atoms with Crippen molar-refractivity contribution in [3.63, 3.8) is 0 Å². The van der Waals surface area contributed by atoms with E-state index < -0.39 is 5.79 Å².